The number of H-pyrrole nitrogens is 1. The molecule has 8 rings (SSSR count). The number of rotatable bonds is 20. The van der Waals surface area contributed by atoms with Gasteiger partial charge in [-0.2, -0.15) is 0 Å². The van der Waals surface area contributed by atoms with Gasteiger partial charge in [-0.25, -0.2) is 4.39 Å². The first kappa shape index (κ1) is 43.5. The smallest absolute Gasteiger partial charge is 0.356 e. The molecule has 0 amide bonds. The van der Waals surface area contributed by atoms with E-state index in [1.165, 1.54) is 6.07 Å². The van der Waals surface area contributed by atoms with Gasteiger partial charge in [-0.1, -0.05) is 158 Å². The first-order chi connectivity index (χ1) is 30.9. The van der Waals surface area contributed by atoms with Crippen LogP contribution in [0.5, 0.6) is 11.6 Å². The van der Waals surface area contributed by atoms with Crippen molar-refractivity contribution < 1.29 is 42.7 Å². The molecule has 11 heteroatoms. The Morgan fingerprint density at radius 3 is 1.65 bits per heavy atom. The van der Waals surface area contributed by atoms with E-state index in [4.69, 9.17) is 33.2 Å². The predicted octanol–water partition coefficient (Wildman–Crippen LogP) is 9.42. The van der Waals surface area contributed by atoms with Gasteiger partial charge in [0.1, 0.15) is 36.5 Å². The summed E-state index contributed by atoms with van der Waals surface area (Å²) in [7, 11) is 0. The van der Waals surface area contributed by atoms with Crippen molar-refractivity contribution in [1.29, 1.82) is 0 Å². The van der Waals surface area contributed by atoms with Crippen LogP contribution in [0.1, 0.15) is 44.6 Å². The molecule has 1 aliphatic heterocycles. The molecule has 0 unspecified atom stereocenters. The van der Waals surface area contributed by atoms with Crippen molar-refractivity contribution in [3.8, 4) is 11.6 Å². The maximum Gasteiger partial charge on any atom is 0.356 e. The van der Waals surface area contributed by atoms with Gasteiger partial charge in [-0.05, 0) is 46.4 Å². The third-order valence-electron chi connectivity index (χ3n) is 10.8. The van der Waals surface area contributed by atoms with Gasteiger partial charge in [0.05, 0.1) is 33.0 Å². The second kappa shape index (κ2) is 21.3. The molecule has 0 saturated carbocycles. The molecule has 1 saturated heterocycles. The van der Waals surface area contributed by atoms with Crippen LogP contribution in [0.3, 0.4) is 0 Å². The van der Waals surface area contributed by atoms with E-state index in [1.54, 1.807) is 19.1 Å². The summed E-state index contributed by atoms with van der Waals surface area (Å²) in [6.07, 6.45) is -3.98. The molecule has 1 aliphatic rings. The van der Waals surface area contributed by atoms with E-state index in [2.05, 4.69) is 10.2 Å². The summed E-state index contributed by atoms with van der Waals surface area (Å²) in [5, 5.41) is 20.4. The highest BCUT2D eigenvalue weighted by molar-refractivity contribution is 5.38. The Morgan fingerprint density at radius 2 is 1.11 bits per heavy atom. The molecule has 0 bridgehead atoms. The van der Waals surface area contributed by atoms with Gasteiger partial charge in [0, 0.05) is 23.7 Å². The highest BCUT2D eigenvalue weighted by Crippen LogP contribution is 2.39. The van der Waals surface area contributed by atoms with Gasteiger partial charge in [-0.3, -0.25) is 5.10 Å². The number of nitrogens with one attached hydrogen (secondary N) is 1. The van der Waals surface area contributed by atoms with Crippen LogP contribution in [-0.2, 0) is 63.1 Å². The van der Waals surface area contributed by atoms with Crippen LogP contribution in [0.4, 0.5) is 4.39 Å². The van der Waals surface area contributed by atoms with Crippen LogP contribution in [0, 0.1) is 12.7 Å². The monoisotopic (exact) mass is 850 g/mol. The zero-order valence-corrected chi connectivity index (χ0v) is 35.1. The molecule has 10 nitrogen and oxygen atoms in total. The largest absolute Gasteiger partial charge is 0.489 e. The summed E-state index contributed by atoms with van der Waals surface area (Å²) in [4.78, 5) is 0. The van der Waals surface area contributed by atoms with Gasteiger partial charge >= 0.3 is 5.97 Å². The molecule has 6 aromatic carbocycles. The molecule has 1 aromatic heterocycles. The van der Waals surface area contributed by atoms with Crippen LogP contribution in [0.15, 0.2) is 170 Å². The summed E-state index contributed by atoms with van der Waals surface area (Å²) in [6, 6.07) is 53.3. The summed E-state index contributed by atoms with van der Waals surface area (Å²) in [5.41, 5.74) is 6.10. The van der Waals surface area contributed by atoms with Crippen LogP contribution in [-0.4, -0.2) is 52.3 Å². The number of halogens is 1. The van der Waals surface area contributed by atoms with Crippen LogP contribution < -0.4 is 9.47 Å². The van der Waals surface area contributed by atoms with Gasteiger partial charge in [-0.15, -0.1) is 5.10 Å². The number of aromatic nitrogens is 2. The van der Waals surface area contributed by atoms with E-state index >= 15 is 4.39 Å². The number of aryl methyl sites for hydroxylation is 1. The SMILES string of the molecule is Cc1[nH]nc(O[C@@]2(O)O[C@H](COCc3ccccc3)[C@@H](OCc3ccccc3)[C@H](OCc3ccccc3)[C@H]2OCc2ccccc2)c1Cc1ccc(OCc2ccccc2)cc1F. The third-order valence-corrected chi connectivity index (χ3v) is 10.8. The average molecular weight is 851 g/mol. The Kier molecular flexibility index (Phi) is 14.7. The molecule has 0 radical (unpaired) electrons. The normalized spacial score (nSPS) is 19.7. The van der Waals surface area contributed by atoms with Crippen LogP contribution in [0.25, 0.3) is 0 Å². The van der Waals surface area contributed by atoms with Crippen molar-refractivity contribution in [3.63, 3.8) is 0 Å². The Bertz CT molecular complexity index is 2440. The Hall–Kier alpha value is -6.18. The number of aliphatic hydroxyl groups is 1. The minimum atomic E-state index is -2.52. The molecule has 1 fully saturated rings. The fourth-order valence-electron chi connectivity index (χ4n) is 7.45. The van der Waals surface area contributed by atoms with E-state index in [0.29, 0.717) is 29.2 Å². The second-order valence-corrected chi connectivity index (χ2v) is 15.5. The average Bonchev–Trinajstić information content (AvgIpc) is 3.65. The molecule has 2 N–H and O–H groups in total. The van der Waals surface area contributed by atoms with E-state index in [9.17, 15) is 5.11 Å². The third kappa shape index (κ3) is 11.6. The lowest BCUT2D eigenvalue weighted by Crippen LogP contribution is -2.69. The van der Waals surface area contributed by atoms with E-state index in [-0.39, 0.29) is 45.3 Å². The van der Waals surface area contributed by atoms with E-state index in [1.807, 2.05) is 152 Å². The number of nitrogens with zero attached hydrogens (tertiary/aromatic N) is 1. The Balaban J connectivity index is 1.12. The number of aromatic amines is 1. The highest BCUT2D eigenvalue weighted by Gasteiger charge is 2.59. The highest BCUT2D eigenvalue weighted by atomic mass is 19.1. The van der Waals surface area contributed by atoms with Crippen molar-refractivity contribution in [1.82, 2.24) is 10.2 Å². The van der Waals surface area contributed by atoms with Crippen molar-refractivity contribution in [2.45, 2.75) is 76.8 Å². The number of benzene rings is 6. The standard InChI is InChI=1S/C52H51FN2O8/c1-37-45(29-43-27-28-44(30-46(43)53)58-32-39-19-9-3-10-20-39)51(55-54-37)63-52(56)50(61-35-42-25-15-6-16-26-42)49(60-34-41-23-13-5-14-24-41)48(59-33-40-21-11-4-12-22-40)47(62-52)36-57-31-38-17-7-2-8-18-38/h2-28,30,47-50,56H,29,31-36H2,1H3,(H,54,55)/t47-,48-,49+,50-,52+/m1/s1. The fraction of sp³-hybridized carbons (Fsp3) is 0.250. The summed E-state index contributed by atoms with van der Waals surface area (Å²) in [6.45, 7) is 2.82. The summed E-state index contributed by atoms with van der Waals surface area (Å²) < 4.78 is 61.3. The Labute approximate surface area is 367 Å². The number of hydrogen-bond acceptors (Lipinski definition) is 9. The molecule has 0 spiro atoms. The first-order valence-corrected chi connectivity index (χ1v) is 21.1. The number of ether oxygens (including phenoxy) is 7. The quantitative estimate of drug-likeness (QED) is 0.0725. The van der Waals surface area contributed by atoms with Crippen LogP contribution in [0.2, 0.25) is 0 Å². The zero-order chi connectivity index (χ0) is 43.3. The first-order valence-electron chi connectivity index (χ1n) is 21.1. The van der Waals surface area contributed by atoms with Crippen molar-refractivity contribution >= 4 is 0 Å². The maximum absolute atomic E-state index is 15.8. The molecule has 5 atom stereocenters. The summed E-state index contributed by atoms with van der Waals surface area (Å²) in [5.74, 6) is -2.59. The second-order valence-electron chi connectivity index (χ2n) is 15.5. The minimum absolute atomic E-state index is 0.00142. The van der Waals surface area contributed by atoms with Crippen molar-refractivity contribution in [2.75, 3.05) is 6.61 Å². The molecule has 0 aliphatic carbocycles. The molecule has 63 heavy (non-hydrogen) atoms. The maximum atomic E-state index is 15.8. The van der Waals surface area contributed by atoms with Gasteiger partial charge < -0.3 is 38.3 Å². The Morgan fingerprint density at radius 1 is 0.619 bits per heavy atom. The zero-order valence-electron chi connectivity index (χ0n) is 35.1. The minimum Gasteiger partial charge on any atom is -0.489 e. The van der Waals surface area contributed by atoms with Gasteiger partial charge in [0.25, 0.3) is 0 Å². The van der Waals surface area contributed by atoms with E-state index in [0.717, 1.165) is 27.8 Å². The van der Waals surface area contributed by atoms with Gasteiger partial charge in [0.2, 0.25) is 5.88 Å². The predicted molar refractivity (Wildman–Crippen MR) is 235 cm³/mol. The van der Waals surface area contributed by atoms with E-state index < -0.39 is 36.2 Å². The lowest BCUT2D eigenvalue weighted by Gasteiger charge is -2.49. The molecule has 7 aromatic rings. The molecular weight excluding hydrogens is 800 g/mol. The molecule has 324 valence electrons. The lowest BCUT2D eigenvalue weighted by molar-refractivity contribution is -0.436. The fourth-order valence-corrected chi connectivity index (χ4v) is 7.45. The lowest BCUT2D eigenvalue weighted by atomic mass is 9.96. The summed E-state index contributed by atoms with van der Waals surface area (Å²) >= 11 is 0. The van der Waals surface area contributed by atoms with Crippen molar-refractivity contribution in [3.05, 3.63) is 220 Å². The van der Waals surface area contributed by atoms with Crippen LogP contribution >= 0.6 is 0 Å². The van der Waals surface area contributed by atoms with Gasteiger partial charge in [0.15, 0.2) is 6.10 Å². The van der Waals surface area contributed by atoms with Crippen molar-refractivity contribution in [2.24, 2.45) is 0 Å². The topological polar surface area (TPSA) is 114 Å². The number of hydrogen-bond donors (Lipinski definition) is 2. The molecule has 2 heterocycles. The molecular formula is C52H51FN2O8.